The highest BCUT2D eigenvalue weighted by atomic mass is 16.4. The van der Waals surface area contributed by atoms with Gasteiger partial charge in [-0.25, -0.2) is 9.78 Å². The largest absolute Gasteiger partial charge is 0.478 e. The smallest absolute Gasteiger partial charge is 0.337 e. The lowest BCUT2D eigenvalue weighted by Gasteiger charge is -2.03. The van der Waals surface area contributed by atoms with Crippen LogP contribution in [0.25, 0.3) is 0 Å². The molecule has 0 aliphatic heterocycles. The number of rotatable bonds is 4. The third-order valence-corrected chi connectivity index (χ3v) is 2.23. The highest BCUT2D eigenvalue weighted by Crippen LogP contribution is 2.06. The highest BCUT2D eigenvalue weighted by molar-refractivity contribution is 5.87. The first kappa shape index (κ1) is 11.1. The Morgan fingerprint density at radius 3 is 2.82 bits per heavy atom. The Balaban J connectivity index is 1.97. The molecule has 0 amide bonds. The first-order valence-corrected chi connectivity index (χ1v) is 5.07. The molecule has 0 aliphatic rings. The molecule has 2 aromatic heterocycles. The maximum atomic E-state index is 10.6. The molecule has 2 heterocycles. The molecule has 17 heavy (non-hydrogen) atoms. The SMILES string of the molecule is Cn1ccc(CNc2ccc(C(=O)O)cn2)n1. The number of hydrogen-bond acceptors (Lipinski definition) is 4. The Kier molecular flexibility index (Phi) is 3.04. The van der Waals surface area contributed by atoms with E-state index < -0.39 is 5.97 Å². The molecule has 6 nitrogen and oxygen atoms in total. The minimum Gasteiger partial charge on any atom is -0.478 e. The first-order chi connectivity index (χ1) is 8.15. The van der Waals surface area contributed by atoms with Crippen LogP contribution in [0.5, 0.6) is 0 Å². The quantitative estimate of drug-likeness (QED) is 0.825. The number of aromatic carboxylic acids is 1. The lowest BCUT2D eigenvalue weighted by atomic mass is 10.3. The molecule has 2 rings (SSSR count). The van der Waals surface area contributed by atoms with Gasteiger partial charge < -0.3 is 10.4 Å². The topological polar surface area (TPSA) is 80.0 Å². The van der Waals surface area contributed by atoms with E-state index in [1.54, 1.807) is 10.7 Å². The molecule has 0 radical (unpaired) electrons. The summed E-state index contributed by atoms with van der Waals surface area (Å²) in [6.07, 6.45) is 3.18. The minimum absolute atomic E-state index is 0.174. The van der Waals surface area contributed by atoms with Gasteiger partial charge in [-0.15, -0.1) is 0 Å². The molecule has 6 heteroatoms. The fourth-order valence-corrected chi connectivity index (χ4v) is 1.36. The van der Waals surface area contributed by atoms with Crippen molar-refractivity contribution in [1.82, 2.24) is 14.8 Å². The summed E-state index contributed by atoms with van der Waals surface area (Å²) in [5.74, 6) is -0.352. The molecular formula is C11H12N4O2. The zero-order valence-corrected chi connectivity index (χ0v) is 9.29. The number of pyridine rings is 1. The van der Waals surface area contributed by atoms with Gasteiger partial charge in [0.05, 0.1) is 17.8 Å². The molecule has 2 N–H and O–H groups in total. The highest BCUT2D eigenvalue weighted by Gasteiger charge is 2.03. The Hall–Kier alpha value is -2.37. The molecule has 0 aliphatic carbocycles. The van der Waals surface area contributed by atoms with Gasteiger partial charge in [0.1, 0.15) is 5.82 Å². The van der Waals surface area contributed by atoms with Gasteiger partial charge in [0.25, 0.3) is 0 Å². The summed E-state index contributed by atoms with van der Waals surface area (Å²) in [6, 6.07) is 5.04. The molecule has 0 bridgehead atoms. The van der Waals surface area contributed by atoms with Crippen molar-refractivity contribution in [3.63, 3.8) is 0 Å². The zero-order chi connectivity index (χ0) is 12.3. The Bertz CT molecular complexity index is 519. The van der Waals surface area contributed by atoms with Gasteiger partial charge in [0.15, 0.2) is 0 Å². The van der Waals surface area contributed by atoms with E-state index in [1.165, 1.54) is 12.3 Å². The van der Waals surface area contributed by atoms with Crippen LogP contribution in [0.15, 0.2) is 30.6 Å². The van der Waals surface area contributed by atoms with E-state index in [1.807, 2.05) is 19.3 Å². The molecule has 0 unspecified atom stereocenters. The van der Waals surface area contributed by atoms with Crippen molar-refractivity contribution in [2.75, 3.05) is 5.32 Å². The van der Waals surface area contributed by atoms with Crippen LogP contribution in [-0.4, -0.2) is 25.8 Å². The van der Waals surface area contributed by atoms with Crippen LogP contribution in [0.3, 0.4) is 0 Å². The van der Waals surface area contributed by atoms with Crippen molar-refractivity contribution in [1.29, 1.82) is 0 Å². The van der Waals surface area contributed by atoms with Crippen molar-refractivity contribution in [3.8, 4) is 0 Å². The molecular weight excluding hydrogens is 220 g/mol. The monoisotopic (exact) mass is 232 g/mol. The van der Waals surface area contributed by atoms with Crippen LogP contribution in [-0.2, 0) is 13.6 Å². The Morgan fingerprint density at radius 1 is 1.47 bits per heavy atom. The van der Waals surface area contributed by atoms with Crippen molar-refractivity contribution in [3.05, 3.63) is 41.9 Å². The number of aromatic nitrogens is 3. The third-order valence-electron chi connectivity index (χ3n) is 2.23. The van der Waals surface area contributed by atoms with E-state index in [0.717, 1.165) is 5.69 Å². The summed E-state index contributed by atoms with van der Waals surface area (Å²) in [5, 5.41) is 16.0. The zero-order valence-electron chi connectivity index (χ0n) is 9.29. The fourth-order valence-electron chi connectivity index (χ4n) is 1.36. The van der Waals surface area contributed by atoms with E-state index in [9.17, 15) is 4.79 Å². The predicted octanol–water partition coefficient (Wildman–Crippen LogP) is 1.13. The number of nitrogens with zero attached hydrogens (tertiary/aromatic N) is 3. The lowest BCUT2D eigenvalue weighted by Crippen LogP contribution is -2.04. The van der Waals surface area contributed by atoms with Crippen LogP contribution >= 0.6 is 0 Å². The molecule has 2 aromatic rings. The normalized spacial score (nSPS) is 10.2. The molecule has 0 spiro atoms. The minimum atomic E-state index is -0.978. The van der Waals surface area contributed by atoms with Gasteiger partial charge >= 0.3 is 5.97 Å². The van der Waals surface area contributed by atoms with E-state index in [0.29, 0.717) is 12.4 Å². The van der Waals surface area contributed by atoms with Crippen LogP contribution in [0.1, 0.15) is 16.1 Å². The number of aryl methyl sites for hydroxylation is 1. The number of carboxylic acids is 1. The van der Waals surface area contributed by atoms with Crippen LogP contribution in [0, 0.1) is 0 Å². The van der Waals surface area contributed by atoms with Crippen LogP contribution in [0.4, 0.5) is 5.82 Å². The molecule has 0 atom stereocenters. The number of carbonyl (C=O) groups is 1. The number of anilines is 1. The first-order valence-electron chi connectivity index (χ1n) is 5.07. The summed E-state index contributed by atoms with van der Waals surface area (Å²) in [7, 11) is 1.85. The summed E-state index contributed by atoms with van der Waals surface area (Å²) in [6.45, 7) is 0.556. The lowest BCUT2D eigenvalue weighted by molar-refractivity contribution is 0.0696. The maximum absolute atomic E-state index is 10.6. The van der Waals surface area contributed by atoms with Gasteiger partial charge in [-0.3, -0.25) is 4.68 Å². The van der Waals surface area contributed by atoms with Crippen LogP contribution < -0.4 is 5.32 Å². The summed E-state index contributed by atoms with van der Waals surface area (Å²) < 4.78 is 1.72. The molecule has 0 saturated heterocycles. The predicted molar refractivity (Wildman–Crippen MR) is 61.7 cm³/mol. The summed E-state index contributed by atoms with van der Waals surface area (Å²) in [4.78, 5) is 14.6. The second-order valence-corrected chi connectivity index (χ2v) is 3.57. The van der Waals surface area contributed by atoms with E-state index in [-0.39, 0.29) is 5.56 Å². The van der Waals surface area contributed by atoms with Gasteiger partial charge in [-0.1, -0.05) is 0 Å². The van der Waals surface area contributed by atoms with Crippen molar-refractivity contribution >= 4 is 11.8 Å². The number of hydrogen-bond donors (Lipinski definition) is 2. The average molecular weight is 232 g/mol. The molecule has 0 aromatic carbocycles. The van der Waals surface area contributed by atoms with E-state index in [4.69, 9.17) is 5.11 Å². The number of nitrogens with one attached hydrogen (secondary N) is 1. The van der Waals surface area contributed by atoms with E-state index in [2.05, 4.69) is 15.4 Å². The standard InChI is InChI=1S/C11H12N4O2/c1-15-5-4-9(14-15)7-13-10-3-2-8(6-12-10)11(16)17/h2-6H,7H2,1H3,(H,12,13)(H,16,17). The Labute approximate surface area is 97.9 Å². The molecule has 0 fully saturated rings. The molecule has 88 valence electrons. The van der Waals surface area contributed by atoms with E-state index >= 15 is 0 Å². The Morgan fingerprint density at radius 2 is 2.29 bits per heavy atom. The van der Waals surface area contributed by atoms with Gasteiger partial charge in [-0.05, 0) is 18.2 Å². The number of carboxylic acid groups (broad SMARTS) is 1. The van der Waals surface area contributed by atoms with Gasteiger partial charge in [0, 0.05) is 19.4 Å². The second-order valence-electron chi connectivity index (χ2n) is 3.57. The molecule has 0 saturated carbocycles. The summed E-state index contributed by atoms with van der Waals surface area (Å²) >= 11 is 0. The second kappa shape index (κ2) is 4.65. The van der Waals surface area contributed by atoms with Gasteiger partial charge in [-0.2, -0.15) is 5.10 Å². The van der Waals surface area contributed by atoms with Crippen molar-refractivity contribution in [2.24, 2.45) is 7.05 Å². The van der Waals surface area contributed by atoms with Crippen molar-refractivity contribution in [2.45, 2.75) is 6.54 Å². The van der Waals surface area contributed by atoms with Crippen LogP contribution in [0.2, 0.25) is 0 Å². The summed E-state index contributed by atoms with van der Waals surface area (Å²) in [5.41, 5.74) is 1.07. The average Bonchev–Trinajstić information content (AvgIpc) is 2.73. The van der Waals surface area contributed by atoms with Gasteiger partial charge in [0.2, 0.25) is 0 Å². The fraction of sp³-hybridized carbons (Fsp3) is 0.182. The third kappa shape index (κ3) is 2.81. The maximum Gasteiger partial charge on any atom is 0.337 e. The van der Waals surface area contributed by atoms with Crippen molar-refractivity contribution < 1.29 is 9.90 Å².